The smallest absolute Gasteiger partial charge is 0.220 e. The molecule has 0 bridgehead atoms. The number of nitrogens with one attached hydrogen (secondary N) is 1. The summed E-state index contributed by atoms with van der Waals surface area (Å²) in [5.41, 5.74) is 1.24. The van der Waals surface area contributed by atoms with Crippen molar-refractivity contribution in [1.82, 2.24) is 14.9 Å². The van der Waals surface area contributed by atoms with Crippen LogP contribution in [-0.2, 0) is 17.8 Å². The minimum atomic E-state index is 0.0715. The predicted octanol–water partition coefficient (Wildman–Crippen LogP) is 3.78. The molecule has 6 heteroatoms. The number of ether oxygens (including phenoxy) is 1. The Balaban J connectivity index is 1.37. The molecule has 0 radical (unpaired) electrons. The van der Waals surface area contributed by atoms with E-state index in [1.807, 2.05) is 54.9 Å². The fraction of sp³-hybridized carbons (Fsp3) is 0.273. The second kappa shape index (κ2) is 10.6. The van der Waals surface area contributed by atoms with E-state index in [9.17, 15) is 4.79 Å². The van der Waals surface area contributed by atoms with Gasteiger partial charge in [0.15, 0.2) is 0 Å². The average molecular weight is 396 g/mol. The number of rotatable bonds is 10. The number of aromatic nitrogens is 2. The SMILES string of the molecule is COc1ccc(SCCC(=O)NCCc2nccn2Cc2ccccc2)cc1. The van der Waals surface area contributed by atoms with Crippen LogP contribution in [0.3, 0.4) is 0 Å². The van der Waals surface area contributed by atoms with Crippen LogP contribution in [0.2, 0.25) is 0 Å². The van der Waals surface area contributed by atoms with Crippen molar-refractivity contribution < 1.29 is 9.53 Å². The van der Waals surface area contributed by atoms with Gasteiger partial charge in [-0.25, -0.2) is 4.98 Å². The summed E-state index contributed by atoms with van der Waals surface area (Å²) >= 11 is 1.67. The number of hydrogen-bond donors (Lipinski definition) is 1. The zero-order chi connectivity index (χ0) is 19.6. The Hall–Kier alpha value is -2.73. The molecular weight excluding hydrogens is 370 g/mol. The summed E-state index contributed by atoms with van der Waals surface area (Å²) in [7, 11) is 1.65. The van der Waals surface area contributed by atoms with Crippen LogP contribution < -0.4 is 10.1 Å². The summed E-state index contributed by atoms with van der Waals surface area (Å²) in [6.07, 6.45) is 5.01. The number of nitrogens with zero attached hydrogens (tertiary/aromatic N) is 2. The highest BCUT2D eigenvalue weighted by Gasteiger charge is 2.06. The molecule has 0 atom stereocenters. The van der Waals surface area contributed by atoms with Crippen LogP contribution in [0.25, 0.3) is 0 Å². The van der Waals surface area contributed by atoms with E-state index in [0.29, 0.717) is 13.0 Å². The third-order valence-corrected chi connectivity index (χ3v) is 5.34. The van der Waals surface area contributed by atoms with Crippen LogP contribution in [0.4, 0.5) is 0 Å². The second-order valence-electron chi connectivity index (χ2n) is 6.33. The number of amides is 1. The van der Waals surface area contributed by atoms with Gasteiger partial charge in [0, 0.05) is 49.0 Å². The molecule has 0 fully saturated rings. The first kappa shape index (κ1) is 20.0. The summed E-state index contributed by atoms with van der Waals surface area (Å²) in [6, 6.07) is 18.2. The van der Waals surface area contributed by atoms with Crippen molar-refractivity contribution in [2.75, 3.05) is 19.4 Å². The average Bonchev–Trinajstić information content (AvgIpc) is 3.16. The summed E-state index contributed by atoms with van der Waals surface area (Å²) < 4.78 is 7.27. The quantitative estimate of drug-likeness (QED) is 0.531. The minimum Gasteiger partial charge on any atom is -0.497 e. The van der Waals surface area contributed by atoms with E-state index in [2.05, 4.69) is 27.0 Å². The molecule has 0 saturated carbocycles. The zero-order valence-electron chi connectivity index (χ0n) is 16.0. The van der Waals surface area contributed by atoms with Gasteiger partial charge in [0.1, 0.15) is 11.6 Å². The topological polar surface area (TPSA) is 56.1 Å². The largest absolute Gasteiger partial charge is 0.497 e. The molecule has 146 valence electrons. The predicted molar refractivity (Wildman–Crippen MR) is 113 cm³/mol. The van der Waals surface area contributed by atoms with Crippen LogP contribution >= 0.6 is 11.8 Å². The van der Waals surface area contributed by atoms with E-state index in [1.165, 1.54) is 5.56 Å². The van der Waals surface area contributed by atoms with E-state index in [1.54, 1.807) is 18.9 Å². The van der Waals surface area contributed by atoms with Crippen molar-refractivity contribution in [3.63, 3.8) is 0 Å². The molecule has 0 spiro atoms. The van der Waals surface area contributed by atoms with Gasteiger partial charge in [-0.2, -0.15) is 0 Å². The van der Waals surface area contributed by atoms with E-state index >= 15 is 0 Å². The van der Waals surface area contributed by atoms with Crippen LogP contribution in [0.15, 0.2) is 71.9 Å². The van der Waals surface area contributed by atoms with Crippen molar-refractivity contribution in [2.24, 2.45) is 0 Å². The van der Waals surface area contributed by atoms with Gasteiger partial charge in [0.2, 0.25) is 5.91 Å². The molecule has 0 saturated heterocycles. The van der Waals surface area contributed by atoms with Gasteiger partial charge in [-0.3, -0.25) is 4.79 Å². The monoisotopic (exact) mass is 395 g/mol. The lowest BCUT2D eigenvalue weighted by Gasteiger charge is -2.09. The fourth-order valence-electron chi connectivity index (χ4n) is 2.83. The molecule has 3 aromatic rings. The number of methoxy groups -OCH3 is 1. The number of benzene rings is 2. The third kappa shape index (κ3) is 6.16. The maximum absolute atomic E-state index is 12.1. The first-order valence-corrected chi connectivity index (χ1v) is 10.3. The van der Waals surface area contributed by atoms with Crippen LogP contribution in [-0.4, -0.2) is 34.9 Å². The Kier molecular flexibility index (Phi) is 7.55. The molecule has 0 aliphatic heterocycles. The molecule has 0 aliphatic carbocycles. The van der Waals surface area contributed by atoms with E-state index < -0.39 is 0 Å². The molecule has 2 aromatic carbocycles. The molecule has 1 heterocycles. The Morgan fingerprint density at radius 2 is 1.93 bits per heavy atom. The zero-order valence-corrected chi connectivity index (χ0v) is 16.8. The van der Waals surface area contributed by atoms with E-state index in [0.717, 1.165) is 35.2 Å². The molecule has 28 heavy (non-hydrogen) atoms. The van der Waals surface area contributed by atoms with Gasteiger partial charge in [-0.1, -0.05) is 30.3 Å². The Morgan fingerprint density at radius 3 is 2.68 bits per heavy atom. The molecule has 1 N–H and O–H groups in total. The standard InChI is InChI=1S/C22H25N3O2S/c1-27-19-7-9-20(10-8-19)28-16-12-22(26)24-13-11-21-23-14-15-25(21)17-18-5-3-2-4-6-18/h2-10,14-15H,11-13,16-17H2,1H3,(H,24,26). The number of thioether (sulfide) groups is 1. The molecule has 0 aliphatic rings. The highest BCUT2D eigenvalue weighted by atomic mass is 32.2. The van der Waals surface area contributed by atoms with Gasteiger partial charge < -0.3 is 14.6 Å². The van der Waals surface area contributed by atoms with Gasteiger partial charge >= 0.3 is 0 Å². The van der Waals surface area contributed by atoms with Gasteiger partial charge in [0.25, 0.3) is 0 Å². The molecule has 1 aromatic heterocycles. The Morgan fingerprint density at radius 1 is 1.14 bits per heavy atom. The number of imidazole rings is 1. The van der Waals surface area contributed by atoms with Crippen LogP contribution in [0, 0.1) is 0 Å². The number of carbonyl (C=O) groups is 1. The lowest BCUT2D eigenvalue weighted by atomic mass is 10.2. The first-order valence-electron chi connectivity index (χ1n) is 9.32. The van der Waals surface area contributed by atoms with Crippen LogP contribution in [0.5, 0.6) is 5.75 Å². The third-order valence-electron chi connectivity index (χ3n) is 4.33. The molecule has 0 unspecified atom stereocenters. The number of carbonyl (C=O) groups excluding carboxylic acids is 1. The molecular formula is C22H25N3O2S. The van der Waals surface area contributed by atoms with Gasteiger partial charge in [-0.05, 0) is 29.8 Å². The van der Waals surface area contributed by atoms with Crippen molar-refractivity contribution in [3.05, 3.63) is 78.4 Å². The summed E-state index contributed by atoms with van der Waals surface area (Å²) in [5, 5.41) is 2.99. The fourth-order valence-corrected chi connectivity index (χ4v) is 3.68. The van der Waals surface area contributed by atoms with Crippen molar-refractivity contribution in [2.45, 2.75) is 24.3 Å². The van der Waals surface area contributed by atoms with Gasteiger partial charge in [0.05, 0.1) is 7.11 Å². The normalized spacial score (nSPS) is 10.6. The van der Waals surface area contributed by atoms with Crippen LogP contribution in [0.1, 0.15) is 17.8 Å². The maximum atomic E-state index is 12.1. The number of hydrogen-bond acceptors (Lipinski definition) is 4. The van der Waals surface area contributed by atoms with Crippen molar-refractivity contribution in [3.8, 4) is 5.75 Å². The highest BCUT2D eigenvalue weighted by molar-refractivity contribution is 7.99. The maximum Gasteiger partial charge on any atom is 0.220 e. The second-order valence-corrected chi connectivity index (χ2v) is 7.50. The van der Waals surface area contributed by atoms with Crippen molar-refractivity contribution in [1.29, 1.82) is 0 Å². The van der Waals surface area contributed by atoms with Gasteiger partial charge in [-0.15, -0.1) is 11.8 Å². The lowest BCUT2D eigenvalue weighted by Crippen LogP contribution is -2.26. The molecule has 1 amide bonds. The molecule has 5 nitrogen and oxygen atoms in total. The first-order chi connectivity index (χ1) is 13.7. The Labute approximate surface area is 170 Å². The highest BCUT2D eigenvalue weighted by Crippen LogP contribution is 2.21. The minimum absolute atomic E-state index is 0.0715. The van der Waals surface area contributed by atoms with E-state index in [4.69, 9.17) is 4.74 Å². The molecule has 3 rings (SSSR count). The van der Waals surface area contributed by atoms with Crippen molar-refractivity contribution >= 4 is 17.7 Å². The lowest BCUT2D eigenvalue weighted by molar-refractivity contribution is -0.120. The summed E-state index contributed by atoms with van der Waals surface area (Å²) in [4.78, 5) is 17.6. The van der Waals surface area contributed by atoms with E-state index in [-0.39, 0.29) is 5.91 Å². The summed E-state index contributed by atoms with van der Waals surface area (Å²) in [6.45, 7) is 1.39. The summed E-state index contributed by atoms with van der Waals surface area (Å²) in [5.74, 6) is 2.65. The Bertz CT molecular complexity index is 863.